The summed E-state index contributed by atoms with van der Waals surface area (Å²) in [6.45, 7) is 0. The van der Waals surface area contributed by atoms with E-state index in [9.17, 15) is 0 Å². The molecule has 0 aliphatic carbocycles. The molecular formula is C58H38N4. The summed E-state index contributed by atoms with van der Waals surface area (Å²) in [4.78, 5) is 10.3. The molecule has 0 atom stereocenters. The van der Waals surface area contributed by atoms with E-state index in [0.29, 0.717) is 0 Å². The van der Waals surface area contributed by atoms with Crippen molar-refractivity contribution in [2.24, 2.45) is 0 Å². The van der Waals surface area contributed by atoms with Crippen molar-refractivity contribution in [3.8, 4) is 67.3 Å². The molecule has 0 N–H and O–H groups in total. The van der Waals surface area contributed by atoms with E-state index >= 15 is 0 Å². The summed E-state index contributed by atoms with van der Waals surface area (Å²) in [6.07, 6.45) is 1.89. The van der Waals surface area contributed by atoms with E-state index in [1.807, 2.05) is 18.3 Å². The fourth-order valence-corrected chi connectivity index (χ4v) is 9.21. The minimum absolute atomic E-state index is 0.854. The summed E-state index contributed by atoms with van der Waals surface area (Å²) >= 11 is 0. The molecule has 0 amide bonds. The molecule has 0 radical (unpaired) electrons. The van der Waals surface area contributed by atoms with Crippen molar-refractivity contribution < 1.29 is 0 Å². The van der Waals surface area contributed by atoms with Crippen LogP contribution in [0, 0.1) is 0 Å². The van der Waals surface area contributed by atoms with Crippen molar-refractivity contribution in [1.82, 2.24) is 19.1 Å². The molecule has 12 rings (SSSR count). The zero-order chi connectivity index (χ0) is 41.0. The molecule has 4 aromatic heterocycles. The summed E-state index contributed by atoms with van der Waals surface area (Å²) in [6, 6.07) is 80.3. The first-order chi connectivity index (χ1) is 30.7. The van der Waals surface area contributed by atoms with Gasteiger partial charge in [-0.3, -0.25) is 9.55 Å². The number of fused-ring (bicyclic) bond motifs is 6. The number of para-hydroxylation sites is 1. The molecule has 4 nitrogen and oxygen atoms in total. The molecule has 0 aliphatic rings. The zero-order valence-corrected chi connectivity index (χ0v) is 33.7. The van der Waals surface area contributed by atoms with Gasteiger partial charge < -0.3 is 4.57 Å². The number of hydrogen-bond acceptors (Lipinski definition) is 2. The average molecular weight is 791 g/mol. The first-order valence-corrected chi connectivity index (χ1v) is 21.1. The first kappa shape index (κ1) is 35.6. The predicted molar refractivity (Wildman–Crippen MR) is 258 cm³/mol. The van der Waals surface area contributed by atoms with E-state index in [2.05, 4.69) is 221 Å². The monoisotopic (exact) mass is 790 g/mol. The highest BCUT2D eigenvalue weighted by molar-refractivity contribution is 6.12. The second-order valence-electron chi connectivity index (χ2n) is 15.9. The Morgan fingerprint density at radius 2 is 0.790 bits per heavy atom. The van der Waals surface area contributed by atoms with Gasteiger partial charge in [0.1, 0.15) is 5.82 Å². The molecule has 0 spiro atoms. The lowest BCUT2D eigenvalue weighted by atomic mass is 9.98. The SMILES string of the molecule is c1ccc(-c2cc(-c3ccccc3)cc(-n3c4ccccc4c4cc(-c5ccc6c(c5)c5ncccc5n6-c5cc(-c6ccccc6)cc(-c6ccccc6)n5)ccc43)c2)cc1. The van der Waals surface area contributed by atoms with Crippen LogP contribution >= 0.6 is 0 Å². The van der Waals surface area contributed by atoms with Crippen molar-refractivity contribution in [1.29, 1.82) is 0 Å². The Bertz CT molecular complexity index is 3250. The van der Waals surface area contributed by atoms with Crippen LogP contribution in [-0.4, -0.2) is 19.1 Å². The van der Waals surface area contributed by atoms with E-state index in [0.717, 1.165) is 72.5 Å². The molecule has 0 aliphatic heterocycles. The zero-order valence-electron chi connectivity index (χ0n) is 33.7. The van der Waals surface area contributed by atoms with Gasteiger partial charge in [-0.25, -0.2) is 4.98 Å². The van der Waals surface area contributed by atoms with Crippen molar-refractivity contribution >= 4 is 43.7 Å². The van der Waals surface area contributed by atoms with Gasteiger partial charge in [0, 0.05) is 33.6 Å². The Balaban J connectivity index is 1.02. The van der Waals surface area contributed by atoms with E-state index in [4.69, 9.17) is 9.97 Å². The van der Waals surface area contributed by atoms with Crippen LogP contribution in [-0.2, 0) is 0 Å². The van der Waals surface area contributed by atoms with Crippen LogP contribution in [0.2, 0.25) is 0 Å². The van der Waals surface area contributed by atoms with Crippen LogP contribution < -0.4 is 0 Å². The maximum Gasteiger partial charge on any atom is 0.138 e. The largest absolute Gasteiger partial charge is 0.309 e. The fourth-order valence-electron chi connectivity index (χ4n) is 9.21. The van der Waals surface area contributed by atoms with Crippen molar-refractivity contribution in [3.05, 3.63) is 231 Å². The van der Waals surface area contributed by atoms with Crippen LogP contribution in [0.4, 0.5) is 0 Å². The topological polar surface area (TPSA) is 35.6 Å². The molecule has 8 aromatic carbocycles. The minimum Gasteiger partial charge on any atom is -0.309 e. The van der Waals surface area contributed by atoms with Crippen molar-refractivity contribution in [2.75, 3.05) is 0 Å². The van der Waals surface area contributed by atoms with Gasteiger partial charge in [-0.05, 0) is 117 Å². The third-order valence-electron chi connectivity index (χ3n) is 12.1. The Hall–Kier alpha value is -8.34. The molecule has 0 fully saturated rings. The molecule has 0 saturated heterocycles. The average Bonchev–Trinajstić information content (AvgIpc) is 3.87. The van der Waals surface area contributed by atoms with Gasteiger partial charge in [-0.15, -0.1) is 0 Å². The highest BCUT2D eigenvalue weighted by atomic mass is 15.1. The van der Waals surface area contributed by atoms with Crippen molar-refractivity contribution in [2.45, 2.75) is 0 Å². The van der Waals surface area contributed by atoms with Gasteiger partial charge in [-0.1, -0.05) is 152 Å². The Morgan fingerprint density at radius 3 is 1.42 bits per heavy atom. The third-order valence-corrected chi connectivity index (χ3v) is 12.1. The lowest BCUT2D eigenvalue weighted by Gasteiger charge is -2.14. The molecule has 62 heavy (non-hydrogen) atoms. The van der Waals surface area contributed by atoms with Gasteiger partial charge in [0.25, 0.3) is 0 Å². The summed E-state index contributed by atoms with van der Waals surface area (Å²) in [5.41, 5.74) is 17.8. The van der Waals surface area contributed by atoms with Crippen LogP contribution in [0.3, 0.4) is 0 Å². The lowest BCUT2D eigenvalue weighted by molar-refractivity contribution is 1.08. The number of nitrogens with zero attached hydrogens (tertiary/aromatic N) is 4. The highest BCUT2D eigenvalue weighted by Crippen LogP contribution is 2.40. The van der Waals surface area contributed by atoms with Gasteiger partial charge in [0.15, 0.2) is 0 Å². The second-order valence-corrected chi connectivity index (χ2v) is 15.9. The van der Waals surface area contributed by atoms with Crippen molar-refractivity contribution in [3.63, 3.8) is 0 Å². The van der Waals surface area contributed by atoms with Gasteiger partial charge >= 0.3 is 0 Å². The molecule has 0 saturated carbocycles. The number of pyridine rings is 2. The number of benzene rings is 8. The number of hydrogen-bond donors (Lipinski definition) is 0. The van der Waals surface area contributed by atoms with Crippen LogP contribution in [0.1, 0.15) is 0 Å². The van der Waals surface area contributed by atoms with Gasteiger partial charge in [0.05, 0.1) is 33.3 Å². The lowest BCUT2D eigenvalue weighted by Crippen LogP contribution is -2.00. The molecule has 4 heterocycles. The van der Waals surface area contributed by atoms with E-state index in [-0.39, 0.29) is 0 Å². The maximum absolute atomic E-state index is 5.32. The second kappa shape index (κ2) is 14.7. The van der Waals surface area contributed by atoms with E-state index in [1.165, 1.54) is 38.5 Å². The first-order valence-electron chi connectivity index (χ1n) is 21.1. The van der Waals surface area contributed by atoms with Gasteiger partial charge in [0.2, 0.25) is 0 Å². The molecule has 4 heteroatoms. The Kier molecular flexibility index (Phi) is 8.46. The summed E-state index contributed by atoms with van der Waals surface area (Å²) in [5, 5.41) is 3.51. The molecule has 0 bridgehead atoms. The smallest absolute Gasteiger partial charge is 0.138 e. The number of aromatic nitrogens is 4. The third kappa shape index (κ3) is 6.08. The summed E-state index contributed by atoms with van der Waals surface area (Å²) in [7, 11) is 0. The normalized spacial score (nSPS) is 11.5. The minimum atomic E-state index is 0.854. The summed E-state index contributed by atoms with van der Waals surface area (Å²) < 4.78 is 4.69. The molecule has 290 valence electrons. The van der Waals surface area contributed by atoms with E-state index < -0.39 is 0 Å². The van der Waals surface area contributed by atoms with E-state index in [1.54, 1.807) is 0 Å². The standard InChI is InChI=1S/C58H38N4/c1-5-16-39(17-6-1)45-32-46(40-18-7-2-8-19-40)34-48(33-45)61-53-25-14-13-24-49(53)50-35-43(27-29-54(50)61)44-28-30-55-51(36-44)58-56(26-15-31-59-58)62(55)57-38-47(41-20-9-3-10-21-41)37-52(60-57)42-22-11-4-12-23-42/h1-38H. The molecule has 0 unspecified atom stereocenters. The quantitative estimate of drug-likeness (QED) is 0.161. The number of rotatable bonds is 7. The molecular weight excluding hydrogens is 753 g/mol. The predicted octanol–water partition coefficient (Wildman–Crippen LogP) is 15.0. The van der Waals surface area contributed by atoms with Crippen LogP contribution in [0.25, 0.3) is 111 Å². The van der Waals surface area contributed by atoms with Crippen LogP contribution in [0.15, 0.2) is 231 Å². The fraction of sp³-hybridized carbons (Fsp3) is 0. The van der Waals surface area contributed by atoms with Gasteiger partial charge in [-0.2, -0.15) is 0 Å². The maximum atomic E-state index is 5.32. The Labute approximate surface area is 359 Å². The Morgan fingerprint density at radius 1 is 0.290 bits per heavy atom. The summed E-state index contributed by atoms with van der Waals surface area (Å²) in [5.74, 6) is 0.854. The molecule has 12 aromatic rings. The highest BCUT2D eigenvalue weighted by Gasteiger charge is 2.19. The van der Waals surface area contributed by atoms with Crippen LogP contribution in [0.5, 0.6) is 0 Å².